The summed E-state index contributed by atoms with van der Waals surface area (Å²) in [7, 11) is 0. The number of fused-ring (bicyclic) bond motifs is 6. The van der Waals surface area contributed by atoms with Gasteiger partial charge in [0.2, 0.25) is 0 Å². The molecule has 1 unspecified atom stereocenters. The quantitative estimate of drug-likeness (QED) is 0.159. The van der Waals surface area contributed by atoms with Crippen LogP contribution in [0.5, 0.6) is 0 Å². The molecule has 11 rings (SSSR count). The van der Waals surface area contributed by atoms with Crippen molar-refractivity contribution in [3.8, 4) is 27.9 Å². The summed E-state index contributed by atoms with van der Waals surface area (Å²) in [5.74, 6) is 0. The molecule has 1 heterocycles. The molecule has 2 nitrogen and oxygen atoms in total. The van der Waals surface area contributed by atoms with Crippen LogP contribution in [0.4, 0.5) is 17.1 Å². The van der Waals surface area contributed by atoms with Crippen molar-refractivity contribution in [3.05, 3.63) is 253 Å². The van der Waals surface area contributed by atoms with E-state index in [4.69, 9.17) is 0 Å². The molecule has 1 aliphatic carbocycles. The van der Waals surface area contributed by atoms with Gasteiger partial charge < -0.3 is 9.47 Å². The number of hydrogen-bond acceptors (Lipinski definition) is 1. The molecule has 9 aromatic carbocycles. The maximum atomic E-state index is 2.46. The molecule has 1 atom stereocenters. The highest BCUT2D eigenvalue weighted by Crippen LogP contribution is 2.57. The highest BCUT2D eigenvalue weighted by Gasteiger charge is 2.46. The van der Waals surface area contributed by atoms with Crippen molar-refractivity contribution >= 4 is 38.9 Å². The first kappa shape index (κ1) is 33.0. The fourth-order valence-corrected chi connectivity index (χ4v) is 9.40. The minimum absolute atomic E-state index is 0.537. The Labute approximate surface area is 333 Å². The Bertz CT molecular complexity index is 3040. The van der Waals surface area contributed by atoms with E-state index in [1.54, 1.807) is 0 Å². The molecule has 0 bridgehead atoms. The summed E-state index contributed by atoms with van der Waals surface area (Å²) in [5, 5.41) is 2.48. The average molecular weight is 727 g/mol. The third-order valence-electron chi connectivity index (χ3n) is 11.9. The van der Waals surface area contributed by atoms with Crippen molar-refractivity contribution in [1.29, 1.82) is 0 Å². The van der Waals surface area contributed by atoms with Gasteiger partial charge in [0.15, 0.2) is 0 Å². The van der Waals surface area contributed by atoms with Crippen LogP contribution in [0.3, 0.4) is 0 Å². The van der Waals surface area contributed by atoms with Crippen molar-refractivity contribution < 1.29 is 0 Å². The summed E-state index contributed by atoms with van der Waals surface area (Å²) in [6.45, 7) is 0. The molecule has 0 aliphatic heterocycles. The van der Waals surface area contributed by atoms with Gasteiger partial charge >= 0.3 is 0 Å². The van der Waals surface area contributed by atoms with Gasteiger partial charge in [-0.2, -0.15) is 0 Å². The molecule has 268 valence electrons. The van der Waals surface area contributed by atoms with Gasteiger partial charge in [0.1, 0.15) is 0 Å². The second kappa shape index (κ2) is 13.4. The topological polar surface area (TPSA) is 8.17 Å². The summed E-state index contributed by atoms with van der Waals surface area (Å²) >= 11 is 0. The highest BCUT2D eigenvalue weighted by atomic mass is 15.1. The van der Waals surface area contributed by atoms with Crippen molar-refractivity contribution in [1.82, 2.24) is 4.57 Å². The second-order valence-corrected chi connectivity index (χ2v) is 14.9. The molecule has 10 aromatic rings. The molecule has 0 N–H and O–H groups in total. The number of aromatic nitrogens is 1. The summed E-state index contributed by atoms with van der Waals surface area (Å²) in [5.41, 5.74) is 16.3. The molecular weight excluding hydrogens is 689 g/mol. The Kier molecular flexibility index (Phi) is 7.75. The highest BCUT2D eigenvalue weighted by molar-refractivity contribution is 6.10. The first-order valence-corrected chi connectivity index (χ1v) is 19.7. The Morgan fingerprint density at radius 2 is 0.877 bits per heavy atom. The minimum Gasteiger partial charge on any atom is -0.310 e. The van der Waals surface area contributed by atoms with E-state index in [0.29, 0.717) is 0 Å². The van der Waals surface area contributed by atoms with Crippen LogP contribution in [0, 0.1) is 0 Å². The lowest BCUT2D eigenvalue weighted by Gasteiger charge is -2.35. The second-order valence-electron chi connectivity index (χ2n) is 14.9. The predicted molar refractivity (Wildman–Crippen MR) is 238 cm³/mol. The molecular formula is C55H38N2. The van der Waals surface area contributed by atoms with Crippen molar-refractivity contribution in [2.45, 2.75) is 5.41 Å². The monoisotopic (exact) mass is 726 g/mol. The molecule has 0 saturated heterocycles. The van der Waals surface area contributed by atoms with E-state index in [2.05, 4.69) is 240 Å². The van der Waals surface area contributed by atoms with Crippen LogP contribution >= 0.6 is 0 Å². The normalized spacial score (nSPS) is 14.4. The first-order chi connectivity index (χ1) is 28.3. The van der Waals surface area contributed by atoms with Gasteiger partial charge in [-0.05, 0) is 99.1 Å². The minimum atomic E-state index is -0.537. The number of rotatable bonds is 7. The van der Waals surface area contributed by atoms with Crippen LogP contribution in [0.1, 0.15) is 22.3 Å². The number of benzene rings is 9. The maximum absolute atomic E-state index is 2.46. The van der Waals surface area contributed by atoms with Gasteiger partial charge in [0, 0.05) is 33.5 Å². The summed E-state index contributed by atoms with van der Waals surface area (Å²) in [6, 6.07) is 84.3. The zero-order valence-corrected chi connectivity index (χ0v) is 31.3. The SMILES string of the molecule is c1ccc(-c2ccc(C3(c4ccccc4)c4ccccc4-c4ccc(N(c5ccccc5)c5ccc6c7ccccc7n(-c7ccccc7)c6c5)cc43)cc2)cc1. The Balaban J connectivity index is 1.16. The molecule has 57 heavy (non-hydrogen) atoms. The van der Waals surface area contributed by atoms with Crippen LogP contribution < -0.4 is 4.90 Å². The lowest BCUT2D eigenvalue weighted by atomic mass is 9.67. The van der Waals surface area contributed by atoms with Crippen LogP contribution in [-0.4, -0.2) is 4.57 Å². The Morgan fingerprint density at radius 3 is 1.65 bits per heavy atom. The third kappa shape index (κ3) is 5.18. The smallest absolute Gasteiger partial charge is 0.0714 e. The number of para-hydroxylation sites is 3. The van der Waals surface area contributed by atoms with Crippen molar-refractivity contribution in [2.75, 3.05) is 4.90 Å². The average Bonchev–Trinajstić information content (AvgIpc) is 3.78. The molecule has 0 saturated carbocycles. The van der Waals surface area contributed by atoms with Crippen LogP contribution in [-0.2, 0) is 5.41 Å². The molecule has 0 radical (unpaired) electrons. The van der Waals surface area contributed by atoms with Gasteiger partial charge in [-0.25, -0.2) is 0 Å². The lowest BCUT2D eigenvalue weighted by Crippen LogP contribution is -2.28. The van der Waals surface area contributed by atoms with E-state index in [1.165, 1.54) is 66.3 Å². The largest absolute Gasteiger partial charge is 0.310 e. The fraction of sp³-hybridized carbons (Fsp3) is 0.0182. The van der Waals surface area contributed by atoms with E-state index in [0.717, 1.165) is 22.7 Å². The Morgan fingerprint density at radius 1 is 0.333 bits per heavy atom. The predicted octanol–water partition coefficient (Wildman–Crippen LogP) is 14.3. The van der Waals surface area contributed by atoms with E-state index >= 15 is 0 Å². The Hall–Kier alpha value is -7.42. The fourth-order valence-electron chi connectivity index (χ4n) is 9.40. The standard InChI is InChI=1S/C55H38N2/c1-5-17-39(18-6-1)40-29-31-42(32-30-40)55(41-19-7-2-8-20-41)51-27-15-13-25-47(51)48-35-33-45(37-52(48)55)56(43-21-9-3-10-22-43)46-34-36-50-49-26-14-16-28-53(49)57(54(50)38-46)44-23-11-4-12-24-44/h1-38H. The maximum Gasteiger partial charge on any atom is 0.0714 e. The molecule has 0 amide bonds. The first-order valence-electron chi connectivity index (χ1n) is 19.7. The summed E-state index contributed by atoms with van der Waals surface area (Å²) < 4.78 is 2.40. The van der Waals surface area contributed by atoms with Gasteiger partial charge in [-0.1, -0.05) is 176 Å². The van der Waals surface area contributed by atoms with E-state index < -0.39 is 5.41 Å². The van der Waals surface area contributed by atoms with E-state index in [1.807, 2.05) is 0 Å². The van der Waals surface area contributed by atoms with Gasteiger partial charge in [0.25, 0.3) is 0 Å². The van der Waals surface area contributed by atoms with Crippen LogP contribution in [0.2, 0.25) is 0 Å². The molecule has 0 fully saturated rings. The molecule has 0 spiro atoms. The zero-order chi connectivity index (χ0) is 37.8. The molecule has 1 aliphatic rings. The summed E-state index contributed by atoms with van der Waals surface area (Å²) in [4.78, 5) is 2.42. The van der Waals surface area contributed by atoms with E-state index in [-0.39, 0.29) is 0 Å². The molecule has 2 heteroatoms. The molecule has 1 aromatic heterocycles. The zero-order valence-electron chi connectivity index (χ0n) is 31.3. The van der Waals surface area contributed by atoms with Crippen LogP contribution in [0.15, 0.2) is 231 Å². The van der Waals surface area contributed by atoms with Crippen molar-refractivity contribution in [3.63, 3.8) is 0 Å². The van der Waals surface area contributed by atoms with E-state index in [9.17, 15) is 0 Å². The number of nitrogens with zero attached hydrogens (tertiary/aromatic N) is 2. The third-order valence-corrected chi connectivity index (χ3v) is 11.9. The lowest BCUT2D eigenvalue weighted by molar-refractivity contribution is 0.768. The number of hydrogen-bond donors (Lipinski definition) is 0. The van der Waals surface area contributed by atoms with Gasteiger partial charge in [0.05, 0.1) is 16.4 Å². The summed E-state index contributed by atoms with van der Waals surface area (Å²) in [6.07, 6.45) is 0. The van der Waals surface area contributed by atoms with Crippen molar-refractivity contribution in [2.24, 2.45) is 0 Å². The number of anilines is 3. The van der Waals surface area contributed by atoms with Gasteiger partial charge in [-0.15, -0.1) is 0 Å². The van der Waals surface area contributed by atoms with Crippen LogP contribution in [0.25, 0.3) is 49.7 Å². The van der Waals surface area contributed by atoms with Gasteiger partial charge in [-0.3, -0.25) is 0 Å².